The Hall–Kier alpha value is -3.20. The number of benzene rings is 2. The first-order valence-corrected chi connectivity index (χ1v) is 10.6. The summed E-state index contributed by atoms with van der Waals surface area (Å²) in [6, 6.07) is 16.3. The largest absolute Gasteiger partial charge is 0.384 e. The van der Waals surface area contributed by atoms with E-state index in [4.69, 9.17) is 5.73 Å². The van der Waals surface area contributed by atoms with E-state index in [1.54, 1.807) is 24.3 Å². The van der Waals surface area contributed by atoms with E-state index >= 15 is 0 Å². The molecule has 0 bridgehead atoms. The lowest BCUT2D eigenvalue weighted by Gasteiger charge is -2.35. The lowest BCUT2D eigenvalue weighted by Crippen LogP contribution is -2.46. The second-order valence-electron chi connectivity index (χ2n) is 10.2. The van der Waals surface area contributed by atoms with Crippen LogP contribution in [0.1, 0.15) is 63.8 Å². The van der Waals surface area contributed by atoms with Crippen molar-refractivity contribution in [3.05, 3.63) is 82.2 Å². The van der Waals surface area contributed by atoms with Gasteiger partial charge in [-0.15, -0.1) is 0 Å². The molecule has 0 aliphatic carbocycles. The molecule has 0 aromatic heterocycles. The minimum Gasteiger partial charge on any atom is -0.384 e. The fraction of sp³-hybridized carbons (Fsp3) is 0.385. The molecule has 168 valence electrons. The zero-order valence-electron chi connectivity index (χ0n) is 19.4. The van der Waals surface area contributed by atoms with Crippen molar-refractivity contribution in [1.29, 1.82) is 5.26 Å². The van der Waals surface area contributed by atoms with Crippen molar-refractivity contribution in [2.45, 2.75) is 64.3 Å². The van der Waals surface area contributed by atoms with Crippen molar-refractivity contribution >= 4 is 5.84 Å². The highest BCUT2D eigenvalue weighted by molar-refractivity contribution is 6.01. The molecule has 1 atom stereocenters. The lowest BCUT2D eigenvalue weighted by molar-refractivity contribution is 0.0738. The van der Waals surface area contributed by atoms with Gasteiger partial charge in [0.25, 0.3) is 6.43 Å². The SMILES string of the molecule is CC(C)(C)c1ccc(C2=NC(c3ccc(C(C)(C)C)cc3)(C(F)F)C(C#N)=C(N)N2)cc1. The molecule has 0 saturated heterocycles. The van der Waals surface area contributed by atoms with Crippen molar-refractivity contribution < 1.29 is 8.78 Å². The number of aliphatic imine (C=N–C) groups is 1. The van der Waals surface area contributed by atoms with Gasteiger partial charge in [-0.2, -0.15) is 5.26 Å². The Bertz CT molecular complexity index is 1090. The number of nitrogens with two attached hydrogens (primary N) is 1. The summed E-state index contributed by atoms with van der Waals surface area (Å²) in [6.45, 7) is 12.4. The van der Waals surface area contributed by atoms with E-state index in [0.29, 0.717) is 5.56 Å². The fourth-order valence-corrected chi connectivity index (χ4v) is 3.78. The summed E-state index contributed by atoms with van der Waals surface area (Å²) in [6.07, 6.45) is -2.97. The summed E-state index contributed by atoms with van der Waals surface area (Å²) < 4.78 is 29.5. The molecular formula is C26H30F2N4. The number of amidine groups is 1. The Kier molecular flexibility index (Phi) is 5.90. The van der Waals surface area contributed by atoms with Crippen molar-refractivity contribution in [3.8, 4) is 6.07 Å². The summed E-state index contributed by atoms with van der Waals surface area (Å²) in [5.41, 5.74) is 6.40. The van der Waals surface area contributed by atoms with E-state index in [9.17, 15) is 14.0 Å². The lowest BCUT2D eigenvalue weighted by atomic mass is 9.80. The minimum atomic E-state index is -2.97. The molecule has 4 nitrogen and oxygen atoms in total. The smallest absolute Gasteiger partial charge is 0.272 e. The molecule has 1 aliphatic heterocycles. The molecule has 3 N–H and O–H groups in total. The van der Waals surface area contributed by atoms with Gasteiger partial charge in [-0.25, -0.2) is 13.8 Å². The third-order valence-corrected chi connectivity index (χ3v) is 5.83. The number of alkyl halides is 2. The van der Waals surface area contributed by atoms with Crippen LogP contribution in [-0.2, 0) is 16.4 Å². The molecule has 2 aromatic carbocycles. The molecule has 3 rings (SSSR count). The summed E-state index contributed by atoms with van der Waals surface area (Å²) in [5.74, 6) is 0.0970. The normalized spacial score (nSPS) is 19.4. The molecule has 1 heterocycles. The zero-order chi connectivity index (χ0) is 23.9. The van der Waals surface area contributed by atoms with Gasteiger partial charge in [0.2, 0.25) is 0 Å². The number of nitrogens with zero attached hydrogens (tertiary/aromatic N) is 2. The maximum absolute atomic E-state index is 14.7. The standard InChI is InChI=1S/C26H30F2N4/c1-24(2,3)17-9-7-16(8-10-17)22-31-21(30)20(15-29)26(32-22,23(27)28)19-13-11-18(12-14-19)25(4,5)6/h7-14,23H,30H2,1-6H3,(H,31,32). The van der Waals surface area contributed by atoms with Gasteiger partial charge >= 0.3 is 0 Å². The number of nitriles is 1. The molecule has 2 aromatic rings. The second kappa shape index (κ2) is 8.05. The average molecular weight is 437 g/mol. The number of nitrogens with one attached hydrogen (secondary N) is 1. The zero-order valence-corrected chi connectivity index (χ0v) is 19.4. The molecule has 0 fully saturated rings. The van der Waals surface area contributed by atoms with Crippen molar-refractivity contribution in [1.82, 2.24) is 5.32 Å². The van der Waals surface area contributed by atoms with Crippen LogP contribution in [0.4, 0.5) is 8.78 Å². The summed E-state index contributed by atoms with van der Waals surface area (Å²) in [4.78, 5) is 4.43. The van der Waals surface area contributed by atoms with E-state index in [1.165, 1.54) is 0 Å². The van der Waals surface area contributed by atoms with Crippen LogP contribution in [0, 0.1) is 11.3 Å². The van der Waals surface area contributed by atoms with Gasteiger partial charge in [0.1, 0.15) is 23.3 Å². The van der Waals surface area contributed by atoms with Crippen LogP contribution in [0.25, 0.3) is 0 Å². The number of halogens is 2. The molecule has 0 saturated carbocycles. The molecule has 1 aliphatic rings. The fourth-order valence-electron chi connectivity index (χ4n) is 3.78. The van der Waals surface area contributed by atoms with Gasteiger partial charge in [-0.3, -0.25) is 0 Å². The van der Waals surface area contributed by atoms with Gasteiger partial charge in [-0.1, -0.05) is 90.1 Å². The Morgan fingerprint density at radius 3 is 1.78 bits per heavy atom. The Balaban J connectivity index is 2.18. The van der Waals surface area contributed by atoms with E-state index in [1.807, 2.05) is 51.1 Å². The summed E-state index contributed by atoms with van der Waals surface area (Å²) >= 11 is 0. The van der Waals surface area contributed by atoms with Gasteiger partial charge in [0, 0.05) is 5.56 Å². The molecular weight excluding hydrogens is 406 g/mol. The van der Waals surface area contributed by atoms with E-state index in [-0.39, 0.29) is 33.6 Å². The highest BCUT2D eigenvalue weighted by atomic mass is 19.3. The third-order valence-electron chi connectivity index (χ3n) is 5.83. The van der Waals surface area contributed by atoms with Crippen LogP contribution in [0.3, 0.4) is 0 Å². The van der Waals surface area contributed by atoms with E-state index in [2.05, 4.69) is 31.1 Å². The van der Waals surface area contributed by atoms with Crippen LogP contribution in [-0.4, -0.2) is 12.3 Å². The Morgan fingerprint density at radius 2 is 1.38 bits per heavy atom. The first-order chi connectivity index (χ1) is 14.8. The number of hydrogen-bond donors (Lipinski definition) is 2. The number of rotatable bonds is 3. The quantitative estimate of drug-likeness (QED) is 0.668. The molecule has 0 radical (unpaired) electrons. The predicted octanol–water partition coefficient (Wildman–Crippen LogP) is 5.49. The van der Waals surface area contributed by atoms with Gasteiger partial charge in [0.05, 0.1) is 0 Å². The molecule has 1 unspecified atom stereocenters. The molecule has 6 heteroatoms. The highest BCUT2D eigenvalue weighted by Crippen LogP contribution is 2.43. The summed E-state index contributed by atoms with van der Waals surface area (Å²) in [5, 5.41) is 12.6. The minimum absolute atomic E-state index is 0.0469. The van der Waals surface area contributed by atoms with Crippen LogP contribution >= 0.6 is 0 Å². The maximum Gasteiger partial charge on any atom is 0.272 e. The third kappa shape index (κ3) is 4.12. The predicted molar refractivity (Wildman–Crippen MR) is 124 cm³/mol. The van der Waals surface area contributed by atoms with Crippen LogP contribution in [0.2, 0.25) is 0 Å². The van der Waals surface area contributed by atoms with Gasteiger partial charge in [-0.05, 0) is 27.5 Å². The Labute approximate surface area is 188 Å². The molecule has 0 spiro atoms. The molecule has 0 amide bonds. The number of hydrogen-bond acceptors (Lipinski definition) is 4. The Morgan fingerprint density at radius 1 is 0.906 bits per heavy atom. The van der Waals surface area contributed by atoms with Crippen molar-refractivity contribution in [2.75, 3.05) is 0 Å². The van der Waals surface area contributed by atoms with Gasteiger partial charge in [0.15, 0.2) is 5.54 Å². The maximum atomic E-state index is 14.7. The summed E-state index contributed by atoms with van der Waals surface area (Å²) in [7, 11) is 0. The monoisotopic (exact) mass is 436 g/mol. The van der Waals surface area contributed by atoms with E-state index in [0.717, 1.165) is 11.1 Å². The topological polar surface area (TPSA) is 74.2 Å². The van der Waals surface area contributed by atoms with Crippen molar-refractivity contribution in [2.24, 2.45) is 10.7 Å². The van der Waals surface area contributed by atoms with Crippen LogP contribution in [0.5, 0.6) is 0 Å². The van der Waals surface area contributed by atoms with Crippen LogP contribution < -0.4 is 11.1 Å². The highest BCUT2D eigenvalue weighted by Gasteiger charge is 2.49. The van der Waals surface area contributed by atoms with Gasteiger partial charge < -0.3 is 11.1 Å². The second-order valence-corrected chi connectivity index (χ2v) is 10.2. The van der Waals surface area contributed by atoms with Crippen molar-refractivity contribution in [3.63, 3.8) is 0 Å². The van der Waals surface area contributed by atoms with E-state index < -0.39 is 12.0 Å². The van der Waals surface area contributed by atoms with Crippen LogP contribution in [0.15, 0.2) is 64.9 Å². The first kappa shape index (κ1) is 23.5. The first-order valence-electron chi connectivity index (χ1n) is 10.6. The molecule has 32 heavy (non-hydrogen) atoms. The average Bonchev–Trinajstić information content (AvgIpc) is 2.71.